The summed E-state index contributed by atoms with van der Waals surface area (Å²) < 4.78 is 44.8. The molecule has 1 unspecified atom stereocenters. The van der Waals surface area contributed by atoms with Gasteiger partial charge < -0.3 is 9.84 Å². The molecule has 5 nitrogen and oxygen atoms in total. The molecule has 1 aliphatic heterocycles. The molecule has 1 N–H and O–H groups in total. The van der Waals surface area contributed by atoms with Crippen LogP contribution in [0.4, 0.5) is 13.2 Å². The Morgan fingerprint density at radius 3 is 2.74 bits per heavy atom. The molecule has 2 heterocycles. The molecule has 0 spiro atoms. The van der Waals surface area contributed by atoms with Gasteiger partial charge >= 0.3 is 12.1 Å². The summed E-state index contributed by atoms with van der Waals surface area (Å²) in [5.74, 6) is -1.06. The van der Waals surface area contributed by atoms with E-state index in [4.69, 9.17) is 9.84 Å². The fourth-order valence-corrected chi connectivity index (χ4v) is 2.59. The van der Waals surface area contributed by atoms with E-state index in [1.165, 1.54) is 7.05 Å². The van der Waals surface area contributed by atoms with Gasteiger partial charge in [-0.2, -0.15) is 18.3 Å². The van der Waals surface area contributed by atoms with Gasteiger partial charge in [0, 0.05) is 12.6 Å². The SMILES string of the molecule is Cn1nc(C(F)(F)F)cc1-c1ccc2c(c1)CC(C(=O)O)CO2. The molecule has 0 aliphatic carbocycles. The van der Waals surface area contributed by atoms with E-state index in [0.29, 0.717) is 22.6 Å². The van der Waals surface area contributed by atoms with Crippen LogP contribution in [0.2, 0.25) is 0 Å². The minimum atomic E-state index is -4.51. The van der Waals surface area contributed by atoms with Gasteiger partial charge in [0.05, 0.1) is 11.6 Å². The lowest BCUT2D eigenvalue weighted by atomic mass is 9.95. The molecule has 3 rings (SSSR count). The first-order chi connectivity index (χ1) is 10.8. The Balaban J connectivity index is 1.98. The van der Waals surface area contributed by atoms with E-state index in [1.54, 1.807) is 18.2 Å². The molecular weight excluding hydrogens is 313 g/mol. The summed E-state index contributed by atoms with van der Waals surface area (Å²) in [6.07, 6.45) is -4.23. The van der Waals surface area contributed by atoms with Gasteiger partial charge in [0.1, 0.15) is 12.4 Å². The lowest BCUT2D eigenvalue weighted by Gasteiger charge is -2.23. The normalized spacial score (nSPS) is 17.5. The van der Waals surface area contributed by atoms with Crippen LogP contribution < -0.4 is 4.74 Å². The number of alkyl halides is 3. The third-order valence-electron chi connectivity index (χ3n) is 3.78. The van der Waals surface area contributed by atoms with Crippen molar-refractivity contribution in [3.8, 4) is 17.0 Å². The van der Waals surface area contributed by atoms with E-state index in [9.17, 15) is 18.0 Å². The van der Waals surface area contributed by atoms with Gasteiger partial charge in [-0.3, -0.25) is 9.48 Å². The quantitative estimate of drug-likeness (QED) is 0.922. The maximum absolute atomic E-state index is 12.7. The molecule has 2 aromatic rings. The predicted octanol–water partition coefficient (Wildman–Crippen LogP) is 2.74. The van der Waals surface area contributed by atoms with E-state index in [1.807, 2.05) is 0 Å². The van der Waals surface area contributed by atoms with E-state index in [0.717, 1.165) is 10.7 Å². The molecule has 0 amide bonds. The number of fused-ring (bicyclic) bond motifs is 1. The molecule has 1 atom stereocenters. The number of nitrogens with zero attached hydrogens (tertiary/aromatic N) is 2. The minimum absolute atomic E-state index is 0.0889. The van der Waals surface area contributed by atoms with Crippen molar-refractivity contribution >= 4 is 5.97 Å². The van der Waals surface area contributed by atoms with E-state index in [2.05, 4.69) is 5.10 Å². The van der Waals surface area contributed by atoms with Gasteiger partial charge in [0.2, 0.25) is 0 Å². The highest BCUT2D eigenvalue weighted by Gasteiger charge is 2.35. The van der Waals surface area contributed by atoms with Crippen molar-refractivity contribution in [2.45, 2.75) is 12.6 Å². The van der Waals surface area contributed by atoms with Crippen LogP contribution in [0, 0.1) is 5.92 Å². The fourth-order valence-electron chi connectivity index (χ4n) is 2.59. The first kappa shape index (κ1) is 15.4. The van der Waals surface area contributed by atoms with Crippen LogP contribution in [0.1, 0.15) is 11.3 Å². The smallest absolute Gasteiger partial charge is 0.435 e. The number of rotatable bonds is 2. The van der Waals surface area contributed by atoms with Crippen LogP contribution in [0.15, 0.2) is 24.3 Å². The second kappa shape index (κ2) is 5.29. The zero-order valence-corrected chi connectivity index (χ0v) is 12.1. The second-order valence-corrected chi connectivity index (χ2v) is 5.41. The molecule has 1 aromatic heterocycles. The van der Waals surface area contributed by atoms with Gasteiger partial charge in [-0.25, -0.2) is 0 Å². The summed E-state index contributed by atoms with van der Waals surface area (Å²) in [5, 5.41) is 12.5. The highest BCUT2D eigenvalue weighted by Crippen LogP contribution is 2.34. The summed E-state index contributed by atoms with van der Waals surface area (Å²) in [6.45, 7) is 0.0889. The van der Waals surface area contributed by atoms with Crippen LogP contribution in [-0.2, 0) is 24.4 Å². The second-order valence-electron chi connectivity index (χ2n) is 5.41. The Kier molecular flexibility index (Phi) is 3.54. The summed E-state index contributed by atoms with van der Waals surface area (Å²) in [4.78, 5) is 11.1. The van der Waals surface area contributed by atoms with Crippen LogP contribution in [-0.4, -0.2) is 27.5 Å². The van der Waals surface area contributed by atoms with Gasteiger partial charge in [0.15, 0.2) is 5.69 Å². The molecule has 0 fully saturated rings. The molecule has 0 saturated carbocycles. The number of carbonyl (C=O) groups is 1. The van der Waals surface area contributed by atoms with Crippen molar-refractivity contribution in [2.75, 3.05) is 6.61 Å². The number of benzene rings is 1. The molecule has 0 radical (unpaired) electrons. The highest BCUT2D eigenvalue weighted by atomic mass is 19.4. The standard InChI is InChI=1S/C15H13F3N2O3/c1-20-11(6-13(19-20)15(16,17)18)8-2-3-12-9(4-8)5-10(7-23-12)14(21)22/h2-4,6,10H,5,7H2,1H3,(H,21,22). The fraction of sp³-hybridized carbons (Fsp3) is 0.333. The number of aryl methyl sites for hydroxylation is 1. The topological polar surface area (TPSA) is 64.4 Å². The number of aliphatic carboxylic acids is 1. The minimum Gasteiger partial charge on any atom is -0.492 e. The predicted molar refractivity (Wildman–Crippen MR) is 74.0 cm³/mol. The van der Waals surface area contributed by atoms with Crippen molar-refractivity contribution in [1.29, 1.82) is 0 Å². The number of hydrogen-bond donors (Lipinski definition) is 1. The van der Waals surface area contributed by atoms with Gasteiger partial charge in [-0.1, -0.05) is 0 Å². The number of halogens is 3. The van der Waals surface area contributed by atoms with Crippen molar-refractivity contribution < 1.29 is 27.8 Å². The van der Waals surface area contributed by atoms with Gasteiger partial charge in [-0.15, -0.1) is 0 Å². The average Bonchev–Trinajstić information content (AvgIpc) is 2.88. The molecular formula is C15H13F3N2O3. The zero-order chi connectivity index (χ0) is 16.8. The molecule has 23 heavy (non-hydrogen) atoms. The first-order valence-corrected chi connectivity index (χ1v) is 6.86. The average molecular weight is 326 g/mol. The maximum Gasteiger partial charge on any atom is 0.435 e. The first-order valence-electron chi connectivity index (χ1n) is 6.86. The van der Waals surface area contributed by atoms with Crippen LogP contribution in [0.5, 0.6) is 5.75 Å². The number of carboxylic acid groups (broad SMARTS) is 1. The summed E-state index contributed by atoms with van der Waals surface area (Å²) in [5.41, 5.74) is 0.532. The lowest BCUT2D eigenvalue weighted by molar-refractivity contribution is -0.143. The number of carboxylic acids is 1. The van der Waals surface area contributed by atoms with E-state index < -0.39 is 23.8 Å². The number of hydrogen-bond acceptors (Lipinski definition) is 3. The van der Waals surface area contributed by atoms with Crippen molar-refractivity contribution in [3.05, 3.63) is 35.5 Å². The molecule has 0 bridgehead atoms. The third kappa shape index (κ3) is 2.88. The number of ether oxygens (including phenoxy) is 1. The summed E-state index contributed by atoms with van der Waals surface area (Å²) >= 11 is 0. The molecule has 0 saturated heterocycles. The van der Waals surface area contributed by atoms with Crippen LogP contribution in [0.3, 0.4) is 0 Å². The molecule has 1 aromatic carbocycles. The summed E-state index contributed by atoms with van der Waals surface area (Å²) in [7, 11) is 1.43. The van der Waals surface area contributed by atoms with Crippen LogP contribution >= 0.6 is 0 Å². The Hall–Kier alpha value is -2.51. The van der Waals surface area contributed by atoms with E-state index >= 15 is 0 Å². The van der Waals surface area contributed by atoms with Crippen molar-refractivity contribution in [3.63, 3.8) is 0 Å². The van der Waals surface area contributed by atoms with Gasteiger partial charge in [-0.05, 0) is 36.2 Å². The summed E-state index contributed by atoms with van der Waals surface area (Å²) in [6, 6.07) is 5.90. The highest BCUT2D eigenvalue weighted by molar-refractivity contribution is 5.72. The lowest BCUT2D eigenvalue weighted by Crippen LogP contribution is -2.27. The number of aromatic nitrogens is 2. The van der Waals surface area contributed by atoms with E-state index in [-0.39, 0.29) is 13.0 Å². The van der Waals surface area contributed by atoms with Gasteiger partial charge in [0.25, 0.3) is 0 Å². The van der Waals surface area contributed by atoms with Crippen LogP contribution in [0.25, 0.3) is 11.3 Å². The monoisotopic (exact) mass is 326 g/mol. The Morgan fingerprint density at radius 2 is 2.13 bits per heavy atom. The Morgan fingerprint density at radius 1 is 1.39 bits per heavy atom. The van der Waals surface area contributed by atoms with Crippen molar-refractivity contribution in [2.24, 2.45) is 13.0 Å². The Bertz CT molecular complexity index is 768. The maximum atomic E-state index is 12.7. The molecule has 8 heteroatoms. The molecule has 122 valence electrons. The Labute approximate surface area is 129 Å². The largest absolute Gasteiger partial charge is 0.492 e. The third-order valence-corrected chi connectivity index (χ3v) is 3.78. The zero-order valence-electron chi connectivity index (χ0n) is 12.1. The molecule has 1 aliphatic rings. The van der Waals surface area contributed by atoms with Crippen molar-refractivity contribution in [1.82, 2.24) is 9.78 Å².